The van der Waals surface area contributed by atoms with E-state index in [4.69, 9.17) is 5.73 Å². The lowest BCUT2D eigenvalue weighted by atomic mass is 10.4. The number of nitrogens with zero attached hydrogens (tertiary/aromatic N) is 1. The lowest BCUT2D eigenvalue weighted by molar-refractivity contribution is -0.120. The molecular weight excluding hydrogens is 256 g/mol. The second-order valence-electron chi connectivity index (χ2n) is 3.49. The third-order valence-corrected chi connectivity index (χ3v) is 3.62. The van der Waals surface area contributed by atoms with Gasteiger partial charge in [0.05, 0.1) is 0 Å². The summed E-state index contributed by atoms with van der Waals surface area (Å²) in [6.07, 6.45) is 1.48. The highest BCUT2D eigenvalue weighted by atomic mass is 32.2. The summed E-state index contributed by atoms with van der Waals surface area (Å²) in [7, 11) is -3.72. The number of pyridine rings is 1. The van der Waals surface area contributed by atoms with E-state index in [1.807, 2.05) is 0 Å². The normalized spacial score (nSPS) is 11.2. The van der Waals surface area contributed by atoms with Gasteiger partial charge in [0.2, 0.25) is 15.9 Å². The van der Waals surface area contributed by atoms with Crippen LogP contribution in [0.25, 0.3) is 0 Å². The van der Waals surface area contributed by atoms with E-state index in [0.717, 1.165) is 0 Å². The van der Waals surface area contributed by atoms with E-state index in [-0.39, 0.29) is 29.6 Å². The van der Waals surface area contributed by atoms with Gasteiger partial charge in [-0.15, -0.1) is 0 Å². The lowest BCUT2D eigenvalue weighted by Gasteiger charge is -2.08. The molecule has 0 saturated heterocycles. The Bertz CT molecular complexity index is 516. The predicted molar refractivity (Wildman–Crippen MR) is 67.1 cm³/mol. The van der Waals surface area contributed by atoms with E-state index in [2.05, 4.69) is 15.0 Å². The number of hydrogen-bond acceptors (Lipinski definition) is 5. The maximum absolute atomic E-state index is 11.8. The summed E-state index contributed by atoms with van der Waals surface area (Å²) < 4.78 is 26.0. The molecule has 1 rings (SSSR count). The second-order valence-corrected chi connectivity index (χ2v) is 5.22. The molecule has 0 atom stereocenters. The molecule has 18 heavy (non-hydrogen) atoms. The fourth-order valence-corrected chi connectivity index (χ4v) is 2.40. The van der Waals surface area contributed by atoms with Crippen LogP contribution in [-0.4, -0.2) is 32.4 Å². The van der Waals surface area contributed by atoms with Crippen LogP contribution in [0.1, 0.15) is 13.3 Å². The van der Waals surface area contributed by atoms with Gasteiger partial charge in [0.25, 0.3) is 0 Å². The zero-order valence-corrected chi connectivity index (χ0v) is 10.8. The number of hydrogen-bond donors (Lipinski definition) is 3. The summed E-state index contributed by atoms with van der Waals surface area (Å²) in [6.45, 7) is 2.32. The van der Waals surface area contributed by atoms with E-state index in [0.29, 0.717) is 6.54 Å². The Morgan fingerprint density at radius 2 is 2.22 bits per heavy atom. The van der Waals surface area contributed by atoms with Crippen molar-refractivity contribution >= 4 is 21.7 Å². The summed E-state index contributed by atoms with van der Waals surface area (Å²) in [4.78, 5) is 14.8. The van der Waals surface area contributed by atoms with Crippen molar-refractivity contribution in [3.8, 4) is 0 Å². The molecule has 0 fully saturated rings. The molecule has 8 heteroatoms. The predicted octanol–water partition coefficient (Wildman–Crippen LogP) is -0.532. The molecule has 1 aromatic rings. The number of carbonyl (C=O) groups is 1. The molecule has 7 nitrogen and oxygen atoms in total. The van der Waals surface area contributed by atoms with E-state index in [9.17, 15) is 13.2 Å². The van der Waals surface area contributed by atoms with Crippen molar-refractivity contribution in [1.29, 1.82) is 0 Å². The van der Waals surface area contributed by atoms with Gasteiger partial charge in [-0.25, -0.2) is 18.1 Å². The van der Waals surface area contributed by atoms with E-state index < -0.39 is 10.0 Å². The fraction of sp³-hybridized carbons (Fsp3) is 0.400. The number of carbonyl (C=O) groups excluding carboxylic acids is 1. The summed E-state index contributed by atoms with van der Waals surface area (Å²) in [6, 6.07) is 2.84. The third-order valence-electron chi connectivity index (χ3n) is 2.11. The third kappa shape index (κ3) is 3.97. The molecule has 0 aliphatic heterocycles. The lowest BCUT2D eigenvalue weighted by Crippen LogP contribution is -2.31. The molecule has 0 spiro atoms. The van der Waals surface area contributed by atoms with Crippen LogP contribution in [0.5, 0.6) is 0 Å². The molecule has 4 N–H and O–H groups in total. The molecule has 0 radical (unpaired) electrons. The van der Waals surface area contributed by atoms with Gasteiger partial charge in [-0.05, 0) is 19.1 Å². The smallest absolute Gasteiger partial charge is 0.244 e. The van der Waals surface area contributed by atoms with Crippen LogP contribution in [0, 0.1) is 0 Å². The van der Waals surface area contributed by atoms with Crippen molar-refractivity contribution < 1.29 is 13.2 Å². The summed E-state index contributed by atoms with van der Waals surface area (Å²) in [5.41, 5.74) is 5.48. The molecule has 0 unspecified atom stereocenters. The minimum Gasteiger partial charge on any atom is -0.383 e. The van der Waals surface area contributed by atoms with Gasteiger partial charge in [0.15, 0.2) is 0 Å². The molecule has 100 valence electrons. The highest BCUT2D eigenvalue weighted by Gasteiger charge is 2.17. The molecule has 0 bridgehead atoms. The average molecular weight is 272 g/mol. The number of rotatable bonds is 6. The van der Waals surface area contributed by atoms with Crippen molar-refractivity contribution in [1.82, 2.24) is 15.0 Å². The van der Waals surface area contributed by atoms with Crippen molar-refractivity contribution in [3.63, 3.8) is 0 Å². The molecule has 1 heterocycles. The van der Waals surface area contributed by atoms with E-state index >= 15 is 0 Å². The first-order valence-electron chi connectivity index (χ1n) is 5.44. The zero-order chi connectivity index (χ0) is 13.6. The van der Waals surface area contributed by atoms with Crippen LogP contribution < -0.4 is 15.8 Å². The monoisotopic (exact) mass is 272 g/mol. The Labute approximate surface area is 106 Å². The Morgan fingerprint density at radius 1 is 1.50 bits per heavy atom. The van der Waals surface area contributed by atoms with Gasteiger partial charge in [0, 0.05) is 25.7 Å². The second kappa shape index (κ2) is 6.31. The van der Waals surface area contributed by atoms with Gasteiger partial charge in [-0.1, -0.05) is 0 Å². The van der Waals surface area contributed by atoms with Crippen LogP contribution in [0.2, 0.25) is 0 Å². The van der Waals surface area contributed by atoms with Crippen LogP contribution in [-0.2, 0) is 14.8 Å². The molecule has 0 saturated carbocycles. The Morgan fingerprint density at radius 3 is 2.83 bits per heavy atom. The van der Waals surface area contributed by atoms with Crippen molar-refractivity contribution in [2.45, 2.75) is 18.2 Å². The first-order valence-corrected chi connectivity index (χ1v) is 6.92. The number of nitrogens with one attached hydrogen (secondary N) is 2. The molecule has 1 amide bonds. The number of aromatic nitrogens is 1. The van der Waals surface area contributed by atoms with Gasteiger partial charge >= 0.3 is 0 Å². The minimum absolute atomic E-state index is 0.0164. The Kier molecular flexibility index (Phi) is 5.05. The fourth-order valence-electron chi connectivity index (χ4n) is 1.29. The van der Waals surface area contributed by atoms with Crippen LogP contribution in [0.3, 0.4) is 0 Å². The number of nitrogen functional groups attached to an aromatic ring is 1. The topological polar surface area (TPSA) is 114 Å². The Hall–Kier alpha value is -1.67. The number of nitrogens with two attached hydrogens (primary N) is 1. The molecular formula is C10H16N4O3S. The molecule has 1 aromatic heterocycles. The van der Waals surface area contributed by atoms with Crippen molar-refractivity contribution in [2.75, 3.05) is 18.8 Å². The number of anilines is 1. The van der Waals surface area contributed by atoms with E-state index in [1.165, 1.54) is 18.3 Å². The van der Waals surface area contributed by atoms with Crippen LogP contribution in [0.4, 0.5) is 5.82 Å². The zero-order valence-electron chi connectivity index (χ0n) is 10.0. The SMILES string of the molecule is CCNC(=O)CCNS(=O)(=O)c1cccnc1N. The van der Waals surface area contributed by atoms with Gasteiger partial charge < -0.3 is 11.1 Å². The summed E-state index contributed by atoms with van der Waals surface area (Å²) in [5, 5.41) is 2.57. The molecule has 0 aromatic carbocycles. The maximum atomic E-state index is 11.8. The molecule has 0 aliphatic rings. The van der Waals surface area contributed by atoms with Crippen molar-refractivity contribution in [3.05, 3.63) is 18.3 Å². The molecule has 0 aliphatic carbocycles. The minimum atomic E-state index is -3.72. The average Bonchev–Trinajstić information content (AvgIpc) is 2.29. The van der Waals surface area contributed by atoms with Gasteiger partial charge in [0.1, 0.15) is 10.7 Å². The standard InChI is InChI=1S/C10H16N4O3S/c1-2-12-9(15)5-7-14-18(16,17)8-4-3-6-13-10(8)11/h3-4,6,14H,2,5,7H2,1H3,(H2,11,13)(H,12,15). The first-order chi connectivity index (χ1) is 8.47. The number of sulfonamides is 1. The van der Waals surface area contributed by atoms with Crippen LogP contribution in [0.15, 0.2) is 23.2 Å². The highest BCUT2D eigenvalue weighted by molar-refractivity contribution is 7.89. The first kappa shape index (κ1) is 14.4. The summed E-state index contributed by atoms with van der Waals surface area (Å²) >= 11 is 0. The van der Waals surface area contributed by atoms with Gasteiger partial charge in [-0.3, -0.25) is 4.79 Å². The largest absolute Gasteiger partial charge is 0.383 e. The Balaban J connectivity index is 2.61. The summed E-state index contributed by atoms with van der Waals surface area (Å²) in [5.74, 6) is -0.276. The van der Waals surface area contributed by atoms with E-state index in [1.54, 1.807) is 6.92 Å². The van der Waals surface area contributed by atoms with Crippen LogP contribution >= 0.6 is 0 Å². The number of amides is 1. The van der Waals surface area contributed by atoms with Gasteiger partial charge in [-0.2, -0.15) is 0 Å². The maximum Gasteiger partial charge on any atom is 0.244 e. The quantitative estimate of drug-likeness (QED) is 0.644. The van der Waals surface area contributed by atoms with Crippen molar-refractivity contribution in [2.24, 2.45) is 0 Å². The highest BCUT2D eigenvalue weighted by Crippen LogP contribution is 2.13.